The minimum atomic E-state index is 0.977. The number of aromatic nitrogens is 1. The van der Waals surface area contributed by atoms with Crippen LogP contribution in [0.3, 0.4) is 0 Å². The van der Waals surface area contributed by atoms with Crippen LogP contribution in [0.25, 0.3) is 0 Å². The zero-order valence-electron chi connectivity index (χ0n) is 7.98. The van der Waals surface area contributed by atoms with Crippen molar-refractivity contribution in [2.24, 2.45) is 0 Å². The highest BCUT2D eigenvalue weighted by Gasteiger charge is 2.02. The molecule has 12 heavy (non-hydrogen) atoms. The van der Waals surface area contributed by atoms with E-state index in [-0.39, 0.29) is 0 Å². The van der Waals surface area contributed by atoms with Crippen LogP contribution in [0.1, 0.15) is 28.9 Å². The summed E-state index contributed by atoms with van der Waals surface area (Å²) in [6.07, 6.45) is 1.19. The Morgan fingerprint density at radius 1 is 1.42 bits per heavy atom. The number of thiazole rings is 1. The molecule has 0 atom stereocenters. The van der Waals surface area contributed by atoms with Gasteiger partial charge in [0.1, 0.15) is 0 Å². The molecule has 0 aliphatic rings. The van der Waals surface area contributed by atoms with Crippen LogP contribution in [0.5, 0.6) is 0 Å². The number of nitrogens with zero attached hydrogens (tertiary/aromatic N) is 1. The first-order valence-corrected chi connectivity index (χ1v) is 5.19. The van der Waals surface area contributed by atoms with Gasteiger partial charge in [0.05, 0.1) is 10.7 Å². The molecule has 3 heteroatoms. The van der Waals surface area contributed by atoms with Crippen molar-refractivity contribution in [1.29, 1.82) is 0 Å². The highest BCUT2D eigenvalue weighted by atomic mass is 32.1. The lowest BCUT2D eigenvalue weighted by atomic mass is 10.4. The summed E-state index contributed by atoms with van der Waals surface area (Å²) in [4.78, 5) is 5.74. The van der Waals surface area contributed by atoms with Crippen LogP contribution in [0, 0.1) is 13.8 Å². The van der Waals surface area contributed by atoms with Gasteiger partial charge in [0.25, 0.3) is 0 Å². The van der Waals surface area contributed by atoms with Crippen molar-refractivity contribution in [3.05, 3.63) is 15.6 Å². The molecular weight excluding hydrogens is 168 g/mol. The molecule has 0 unspecified atom stereocenters. The van der Waals surface area contributed by atoms with Crippen molar-refractivity contribution in [3.8, 4) is 0 Å². The Bertz CT molecular complexity index is 243. The van der Waals surface area contributed by atoms with Gasteiger partial charge in [-0.2, -0.15) is 0 Å². The van der Waals surface area contributed by atoms with Gasteiger partial charge in [0.15, 0.2) is 0 Å². The Kier molecular flexibility index (Phi) is 3.69. The van der Waals surface area contributed by atoms with Gasteiger partial charge in [-0.1, -0.05) is 6.92 Å². The Morgan fingerprint density at radius 2 is 2.17 bits per heavy atom. The molecule has 0 radical (unpaired) electrons. The molecule has 2 nitrogen and oxygen atoms in total. The van der Waals surface area contributed by atoms with Crippen LogP contribution in [0.15, 0.2) is 0 Å². The molecular formula is C9H16N2S. The van der Waals surface area contributed by atoms with E-state index in [1.165, 1.54) is 22.0 Å². The number of hydrogen-bond donors (Lipinski definition) is 1. The number of aryl methyl sites for hydroxylation is 2. The van der Waals surface area contributed by atoms with Crippen LogP contribution >= 0.6 is 11.3 Å². The van der Waals surface area contributed by atoms with Crippen molar-refractivity contribution in [1.82, 2.24) is 10.3 Å². The first kappa shape index (κ1) is 9.68. The molecule has 1 aromatic rings. The molecule has 0 spiro atoms. The first-order valence-electron chi connectivity index (χ1n) is 4.37. The third kappa shape index (κ3) is 2.57. The Labute approximate surface area is 78.0 Å². The van der Waals surface area contributed by atoms with Crippen molar-refractivity contribution >= 4 is 11.3 Å². The fourth-order valence-corrected chi connectivity index (χ4v) is 2.02. The van der Waals surface area contributed by atoms with E-state index in [0.29, 0.717) is 0 Å². The molecule has 68 valence electrons. The summed E-state index contributed by atoms with van der Waals surface area (Å²) < 4.78 is 0. The Hall–Kier alpha value is -0.410. The van der Waals surface area contributed by atoms with Gasteiger partial charge in [-0.3, -0.25) is 0 Å². The summed E-state index contributed by atoms with van der Waals surface area (Å²) in [7, 11) is 0. The monoisotopic (exact) mass is 184 g/mol. The third-order valence-electron chi connectivity index (χ3n) is 1.71. The maximum atomic E-state index is 4.37. The minimum Gasteiger partial charge on any atom is -0.312 e. The van der Waals surface area contributed by atoms with E-state index in [4.69, 9.17) is 0 Å². The Balaban J connectivity index is 2.45. The van der Waals surface area contributed by atoms with Gasteiger partial charge in [0, 0.05) is 11.4 Å². The second-order valence-corrected chi connectivity index (χ2v) is 4.21. The Morgan fingerprint density at radius 3 is 2.67 bits per heavy atom. The largest absolute Gasteiger partial charge is 0.312 e. The van der Waals surface area contributed by atoms with E-state index < -0.39 is 0 Å². The second-order valence-electron chi connectivity index (χ2n) is 2.92. The summed E-state index contributed by atoms with van der Waals surface area (Å²) >= 11 is 1.79. The maximum Gasteiger partial charge on any atom is 0.0900 e. The van der Waals surface area contributed by atoms with Crippen LogP contribution in [-0.2, 0) is 6.54 Å². The van der Waals surface area contributed by atoms with E-state index in [0.717, 1.165) is 13.1 Å². The summed E-state index contributed by atoms with van der Waals surface area (Å²) in [6.45, 7) is 8.38. The number of rotatable bonds is 4. The van der Waals surface area contributed by atoms with Crippen molar-refractivity contribution in [2.75, 3.05) is 6.54 Å². The van der Waals surface area contributed by atoms with Crippen molar-refractivity contribution < 1.29 is 0 Å². The molecule has 0 aliphatic heterocycles. The van der Waals surface area contributed by atoms with Crippen LogP contribution in [-0.4, -0.2) is 11.5 Å². The maximum absolute atomic E-state index is 4.37. The summed E-state index contributed by atoms with van der Waals surface area (Å²) in [5.41, 5.74) is 1.18. The van der Waals surface area contributed by atoms with Crippen LogP contribution in [0.4, 0.5) is 0 Å². The highest BCUT2D eigenvalue weighted by Crippen LogP contribution is 2.16. The van der Waals surface area contributed by atoms with Gasteiger partial charge < -0.3 is 5.32 Å². The van der Waals surface area contributed by atoms with E-state index in [1.54, 1.807) is 11.3 Å². The molecule has 1 N–H and O–H groups in total. The van der Waals surface area contributed by atoms with E-state index in [1.807, 2.05) is 0 Å². The molecule has 0 saturated heterocycles. The number of hydrogen-bond acceptors (Lipinski definition) is 3. The predicted molar refractivity (Wildman–Crippen MR) is 53.6 cm³/mol. The molecule has 0 amide bonds. The molecule has 0 bridgehead atoms. The molecule has 0 fully saturated rings. The normalized spacial score (nSPS) is 10.6. The fourth-order valence-electron chi connectivity index (χ4n) is 1.12. The summed E-state index contributed by atoms with van der Waals surface area (Å²) in [6, 6.07) is 0. The van der Waals surface area contributed by atoms with Gasteiger partial charge in [-0.05, 0) is 26.8 Å². The van der Waals surface area contributed by atoms with E-state index in [9.17, 15) is 0 Å². The summed E-state index contributed by atoms with van der Waals surface area (Å²) in [5, 5.41) is 4.54. The van der Waals surface area contributed by atoms with Crippen molar-refractivity contribution in [2.45, 2.75) is 33.7 Å². The molecule has 1 aromatic heterocycles. The topological polar surface area (TPSA) is 24.9 Å². The van der Waals surface area contributed by atoms with Gasteiger partial charge in [-0.25, -0.2) is 4.98 Å². The third-order valence-corrected chi connectivity index (χ3v) is 2.78. The predicted octanol–water partition coefficient (Wildman–Crippen LogP) is 2.26. The van der Waals surface area contributed by atoms with Gasteiger partial charge in [-0.15, -0.1) is 11.3 Å². The molecule has 0 aromatic carbocycles. The SMILES string of the molecule is CCCNCc1sc(C)nc1C. The molecule has 1 heterocycles. The highest BCUT2D eigenvalue weighted by molar-refractivity contribution is 7.11. The lowest BCUT2D eigenvalue weighted by Crippen LogP contribution is -2.13. The lowest BCUT2D eigenvalue weighted by Gasteiger charge is -1.99. The van der Waals surface area contributed by atoms with E-state index in [2.05, 4.69) is 31.1 Å². The smallest absolute Gasteiger partial charge is 0.0900 e. The quantitative estimate of drug-likeness (QED) is 0.726. The number of nitrogens with one attached hydrogen (secondary N) is 1. The van der Waals surface area contributed by atoms with Crippen LogP contribution < -0.4 is 5.32 Å². The standard InChI is InChI=1S/C9H16N2S/c1-4-5-10-6-9-7(2)11-8(3)12-9/h10H,4-6H2,1-3H3. The van der Waals surface area contributed by atoms with Gasteiger partial charge in [0.2, 0.25) is 0 Å². The van der Waals surface area contributed by atoms with Gasteiger partial charge >= 0.3 is 0 Å². The van der Waals surface area contributed by atoms with E-state index >= 15 is 0 Å². The fraction of sp³-hybridized carbons (Fsp3) is 0.667. The van der Waals surface area contributed by atoms with Crippen LogP contribution in [0.2, 0.25) is 0 Å². The lowest BCUT2D eigenvalue weighted by molar-refractivity contribution is 0.678. The summed E-state index contributed by atoms with van der Waals surface area (Å²) in [5.74, 6) is 0. The average molecular weight is 184 g/mol. The zero-order valence-corrected chi connectivity index (χ0v) is 8.79. The molecule has 1 rings (SSSR count). The average Bonchev–Trinajstić information content (AvgIpc) is 2.31. The zero-order chi connectivity index (χ0) is 8.97. The van der Waals surface area contributed by atoms with Crippen molar-refractivity contribution in [3.63, 3.8) is 0 Å². The first-order chi connectivity index (χ1) is 5.74. The minimum absolute atomic E-state index is 0.977. The second kappa shape index (κ2) is 4.58. The molecule has 0 saturated carbocycles. The molecule has 0 aliphatic carbocycles.